The molecule has 0 radical (unpaired) electrons. The number of hydrogen-bond donors (Lipinski definition) is 1. The van der Waals surface area contributed by atoms with E-state index in [9.17, 15) is 4.79 Å². The Balaban J connectivity index is 1.71. The molecule has 0 spiro atoms. The molecule has 1 aromatic carbocycles. The van der Waals surface area contributed by atoms with Crippen molar-refractivity contribution >= 4 is 17.5 Å². The molecule has 0 aliphatic heterocycles. The van der Waals surface area contributed by atoms with E-state index in [-0.39, 0.29) is 5.91 Å². The molecule has 0 aromatic heterocycles. The summed E-state index contributed by atoms with van der Waals surface area (Å²) in [6, 6.07) is 8.67. The lowest BCUT2D eigenvalue weighted by Gasteiger charge is -2.26. The first-order chi connectivity index (χ1) is 10.1. The van der Waals surface area contributed by atoms with Crippen LogP contribution in [0.5, 0.6) is 0 Å². The van der Waals surface area contributed by atoms with Gasteiger partial charge in [0.1, 0.15) is 0 Å². The first-order valence-corrected chi connectivity index (χ1v) is 8.14. The minimum Gasteiger partial charge on any atom is -0.352 e. The summed E-state index contributed by atoms with van der Waals surface area (Å²) in [6.45, 7) is 0. The van der Waals surface area contributed by atoms with Crippen LogP contribution in [-0.4, -0.2) is 37.0 Å². The molecule has 1 N–H and O–H groups in total. The highest BCUT2D eigenvalue weighted by molar-refractivity contribution is 6.30. The maximum absolute atomic E-state index is 12.1. The highest BCUT2D eigenvalue weighted by atomic mass is 35.5. The monoisotopic (exact) mass is 308 g/mol. The average molecular weight is 309 g/mol. The van der Waals surface area contributed by atoms with Crippen molar-refractivity contribution in [2.24, 2.45) is 0 Å². The number of halogens is 1. The molecule has 1 aromatic rings. The third-order valence-electron chi connectivity index (χ3n) is 4.27. The largest absolute Gasteiger partial charge is 0.352 e. The van der Waals surface area contributed by atoms with Crippen LogP contribution in [0.2, 0.25) is 5.02 Å². The lowest BCUT2D eigenvalue weighted by atomic mass is 10.1. The number of nitrogens with one attached hydrogen (secondary N) is 1. The normalized spacial score (nSPS) is 21.7. The van der Waals surface area contributed by atoms with E-state index in [1.807, 2.05) is 24.3 Å². The summed E-state index contributed by atoms with van der Waals surface area (Å²) in [5.41, 5.74) is 1.24. The first kappa shape index (κ1) is 16.3. The molecule has 0 saturated heterocycles. The van der Waals surface area contributed by atoms with Gasteiger partial charge in [-0.1, -0.05) is 23.7 Å². The van der Waals surface area contributed by atoms with E-state index >= 15 is 0 Å². The van der Waals surface area contributed by atoms with Gasteiger partial charge < -0.3 is 10.2 Å². The van der Waals surface area contributed by atoms with Gasteiger partial charge in [0.15, 0.2) is 0 Å². The minimum atomic E-state index is 0.183. The number of carbonyl (C=O) groups excluding carboxylic acids is 1. The van der Waals surface area contributed by atoms with E-state index in [2.05, 4.69) is 24.3 Å². The SMILES string of the molecule is CN(C)[C@@H]1CCC[C@H]1NC(=O)CCCc1ccc(Cl)cc1. The summed E-state index contributed by atoms with van der Waals surface area (Å²) >= 11 is 5.86. The molecule has 0 bridgehead atoms. The number of nitrogens with zero attached hydrogens (tertiary/aromatic N) is 1. The number of benzene rings is 1. The minimum absolute atomic E-state index is 0.183. The van der Waals surface area contributed by atoms with Crippen molar-refractivity contribution in [1.82, 2.24) is 10.2 Å². The van der Waals surface area contributed by atoms with Crippen LogP contribution in [0.25, 0.3) is 0 Å². The highest BCUT2D eigenvalue weighted by Crippen LogP contribution is 2.22. The van der Waals surface area contributed by atoms with E-state index in [0.717, 1.165) is 24.3 Å². The van der Waals surface area contributed by atoms with Crippen LogP contribution >= 0.6 is 11.6 Å². The zero-order valence-electron chi connectivity index (χ0n) is 12.9. The molecule has 2 rings (SSSR count). The first-order valence-electron chi connectivity index (χ1n) is 7.76. The molecule has 1 fully saturated rings. The Morgan fingerprint density at radius 1 is 1.29 bits per heavy atom. The molecule has 2 atom stereocenters. The van der Waals surface area contributed by atoms with Gasteiger partial charge in [0.25, 0.3) is 0 Å². The second kappa shape index (κ2) is 7.81. The predicted molar refractivity (Wildman–Crippen MR) is 87.6 cm³/mol. The number of amides is 1. The van der Waals surface area contributed by atoms with Crippen LogP contribution in [-0.2, 0) is 11.2 Å². The Bertz CT molecular complexity index is 458. The van der Waals surface area contributed by atoms with Gasteiger partial charge in [0.05, 0.1) is 0 Å². The summed E-state index contributed by atoms with van der Waals surface area (Å²) in [6.07, 6.45) is 5.89. The smallest absolute Gasteiger partial charge is 0.220 e. The molecule has 0 heterocycles. The molecular weight excluding hydrogens is 284 g/mol. The lowest BCUT2D eigenvalue weighted by Crippen LogP contribution is -2.46. The molecule has 116 valence electrons. The maximum atomic E-state index is 12.1. The second-order valence-electron chi connectivity index (χ2n) is 6.12. The van der Waals surface area contributed by atoms with Crippen LogP contribution in [0.4, 0.5) is 0 Å². The van der Waals surface area contributed by atoms with Crippen molar-refractivity contribution in [3.05, 3.63) is 34.9 Å². The van der Waals surface area contributed by atoms with Crippen molar-refractivity contribution in [1.29, 1.82) is 0 Å². The van der Waals surface area contributed by atoms with Crippen LogP contribution in [0.1, 0.15) is 37.7 Å². The van der Waals surface area contributed by atoms with E-state index in [1.54, 1.807) is 0 Å². The Morgan fingerprint density at radius 2 is 2.00 bits per heavy atom. The van der Waals surface area contributed by atoms with E-state index in [4.69, 9.17) is 11.6 Å². The molecule has 1 aliphatic carbocycles. The van der Waals surface area contributed by atoms with Gasteiger partial charge in [-0.3, -0.25) is 4.79 Å². The van der Waals surface area contributed by atoms with E-state index in [0.29, 0.717) is 18.5 Å². The molecular formula is C17H25ClN2O. The fourth-order valence-electron chi connectivity index (χ4n) is 3.11. The number of hydrogen-bond acceptors (Lipinski definition) is 2. The average Bonchev–Trinajstić information content (AvgIpc) is 2.89. The molecule has 1 aliphatic rings. The van der Waals surface area contributed by atoms with Gasteiger partial charge in [-0.2, -0.15) is 0 Å². The molecule has 0 unspecified atom stereocenters. The molecule has 21 heavy (non-hydrogen) atoms. The van der Waals surface area contributed by atoms with Crippen LogP contribution in [0, 0.1) is 0 Å². The lowest BCUT2D eigenvalue weighted by molar-refractivity contribution is -0.122. The van der Waals surface area contributed by atoms with E-state index < -0.39 is 0 Å². The number of aryl methyl sites for hydroxylation is 1. The Labute approximate surface area is 132 Å². The summed E-state index contributed by atoms with van der Waals surface area (Å²) in [7, 11) is 4.19. The Morgan fingerprint density at radius 3 is 2.67 bits per heavy atom. The number of carbonyl (C=O) groups is 1. The Hall–Kier alpha value is -1.06. The van der Waals surface area contributed by atoms with Gasteiger partial charge in [-0.05, 0) is 63.9 Å². The standard InChI is InChI=1S/C17H25ClN2O/c1-20(2)16-7-4-6-15(16)19-17(21)8-3-5-13-9-11-14(18)12-10-13/h9-12,15-16H,3-8H2,1-2H3,(H,19,21)/t15-,16-/m1/s1. The van der Waals surface area contributed by atoms with Crippen molar-refractivity contribution in [3.63, 3.8) is 0 Å². The maximum Gasteiger partial charge on any atom is 0.220 e. The summed E-state index contributed by atoms with van der Waals surface area (Å²) in [5.74, 6) is 0.183. The fraction of sp³-hybridized carbons (Fsp3) is 0.588. The highest BCUT2D eigenvalue weighted by Gasteiger charge is 2.29. The van der Waals surface area contributed by atoms with Crippen molar-refractivity contribution in [3.8, 4) is 0 Å². The number of rotatable bonds is 6. The zero-order valence-corrected chi connectivity index (χ0v) is 13.7. The fourth-order valence-corrected chi connectivity index (χ4v) is 3.24. The molecule has 1 saturated carbocycles. The second-order valence-corrected chi connectivity index (χ2v) is 6.55. The third-order valence-corrected chi connectivity index (χ3v) is 4.52. The number of likely N-dealkylation sites (N-methyl/N-ethyl adjacent to an activating group) is 1. The van der Waals surface area contributed by atoms with Crippen molar-refractivity contribution < 1.29 is 4.79 Å². The zero-order chi connectivity index (χ0) is 15.2. The summed E-state index contributed by atoms with van der Waals surface area (Å²) < 4.78 is 0. The van der Waals surface area contributed by atoms with E-state index in [1.165, 1.54) is 18.4 Å². The predicted octanol–water partition coefficient (Wildman–Crippen LogP) is 3.26. The van der Waals surface area contributed by atoms with Gasteiger partial charge in [-0.25, -0.2) is 0 Å². The van der Waals surface area contributed by atoms with Crippen LogP contribution < -0.4 is 5.32 Å². The molecule has 1 amide bonds. The quantitative estimate of drug-likeness (QED) is 0.875. The summed E-state index contributed by atoms with van der Waals surface area (Å²) in [4.78, 5) is 14.3. The topological polar surface area (TPSA) is 32.3 Å². The third kappa shape index (κ3) is 5.01. The van der Waals surface area contributed by atoms with Crippen LogP contribution in [0.15, 0.2) is 24.3 Å². The summed E-state index contributed by atoms with van der Waals surface area (Å²) in [5, 5.41) is 3.96. The Kier molecular flexibility index (Phi) is 6.07. The van der Waals surface area contributed by atoms with Crippen molar-refractivity contribution in [2.75, 3.05) is 14.1 Å². The van der Waals surface area contributed by atoms with Gasteiger partial charge in [-0.15, -0.1) is 0 Å². The van der Waals surface area contributed by atoms with Gasteiger partial charge >= 0.3 is 0 Å². The molecule has 4 heteroatoms. The molecule has 3 nitrogen and oxygen atoms in total. The van der Waals surface area contributed by atoms with Gasteiger partial charge in [0, 0.05) is 23.5 Å². The van der Waals surface area contributed by atoms with Crippen LogP contribution in [0.3, 0.4) is 0 Å². The van der Waals surface area contributed by atoms with Crippen molar-refractivity contribution in [2.45, 2.75) is 50.6 Å². The van der Waals surface area contributed by atoms with Gasteiger partial charge in [0.2, 0.25) is 5.91 Å².